The predicted octanol–water partition coefficient (Wildman–Crippen LogP) is 0.834. The van der Waals surface area contributed by atoms with Crippen LogP contribution in [-0.4, -0.2) is 66.2 Å². The maximum Gasteiger partial charge on any atom is 0.317 e. The van der Waals surface area contributed by atoms with Gasteiger partial charge in [-0.25, -0.2) is 4.79 Å². The minimum atomic E-state index is -0.799. The third-order valence-electron chi connectivity index (χ3n) is 4.52. The SMILES string of the molecule is CCN1CCC(CNC(=O)N2CCC(C(=O)O)C2)CC1. The molecule has 0 aromatic rings. The van der Waals surface area contributed by atoms with Crippen molar-refractivity contribution in [3.8, 4) is 0 Å². The summed E-state index contributed by atoms with van der Waals surface area (Å²) in [7, 11) is 0. The van der Waals surface area contributed by atoms with Crippen molar-refractivity contribution in [3.63, 3.8) is 0 Å². The van der Waals surface area contributed by atoms with Crippen LogP contribution in [0.1, 0.15) is 26.2 Å². The Kier molecular flexibility index (Phi) is 5.23. The molecule has 2 amide bonds. The van der Waals surface area contributed by atoms with E-state index in [1.165, 1.54) is 0 Å². The number of carbonyl (C=O) groups excluding carboxylic acids is 1. The number of nitrogens with one attached hydrogen (secondary N) is 1. The van der Waals surface area contributed by atoms with Crippen LogP contribution >= 0.6 is 0 Å². The number of hydrogen-bond donors (Lipinski definition) is 2. The van der Waals surface area contributed by atoms with Crippen LogP contribution in [0.4, 0.5) is 4.79 Å². The van der Waals surface area contributed by atoms with Crippen molar-refractivity contribution in [1.29, 1.82) is 0 Å². The second-order valence-electron chi connectivity index (χ2n) is 5.83. The molecule has 6 heteroatoms. The van der Waals surface area contributed by atoms with Crippen LogP contribution < -0.4 is 5.32 Å². The Morgan fingerprint density at radius 2 is 1.90 bits per heavy atom. The summed E-state index contributed by atoms with van der Waals surface area (Å²) in [5.74, 6) is -0.639. The number of nitrogens with zero attached hydrogens (tertiary/aromatic N) is 2. The monoisotopic (exact) mass is 283 g/mol. The number of amides is 2. The van der Waals surface area contributed by atoms with E-state index in [1.807, 2.05) is 0 Å². The zero-order valence-corrected chi connectivity index (χ0v) is 12.2. The van der Waals surface area contributed by atoms with Crippen molar-refractivity contribution in [2.75, 3.05) is 39.3 Å². The zero-order chi connectivity index (χ0) is 14.5. The molecule has 1 atom stereocenters. The summed E-state index contributed by atoms with van der Waals surface area (Å²) < 4.78 is 0. The molecule has 2 aliphatic heterocycles. The molecule has 6 nitrogen and oxygen atoms in total. The first-order valence-electron chi connectivity index (χ1n) is 7.58. The van der Waals surface area contributed by atoms with Gasteiger partial charge in [0.15, 0.2) is 0 Å². The van der Waals surface area contributed by atoms with E-state index in [4.69, 9.17) is 5.11 Å². The Labute approximate surface area is 120 Å². The fourth-order valence-corrected chi connectivity index (χ4v) is 3.00. The smallest absolute Gasteiger partial charge is 0.317 e. The molecule has 0 aliphatic carbocycles. The van der Waals surface area contributed by atoms with Gasteiger partial charge in [0, 0.05) is 19.6 Å². The first-order chi connectivity index (χ1) is 9.60. The Morgan fingerprint density at radius 1 is 1.20 bits per heavy atom. The fourth-order valence-electron chi connectivity index (χ4n) is 3.00. The van der Waals surface area contributed by atoms with E-state index in [0.29, 0.717) is 32.0 Å². The molecule has 0 aromatic heterocycles. The van der Waals surface area contributed by atoms with E-state index >= 15 is 0 Å². The quantitative estimate of drug-likeness (QED) is 0.802. The van der Waals surface area contributed by atoms with Gasteiger partial charge in [-0.1, -0.05) is 6.92 Å². The van der Waals surface area contributed by atoms with Gasteiger partial charge in [0.05, 0.1) is 5.92 Å². The lowest BCUT2D eigenvalue weighted by atomic mass is 9.97. The summed E-state index contributed by atoms with van der Waals surface area (Å²) in [5.41, 5.74) is 0. The first kappa shape index (κ1) is 15.1. The molecule has 2 aliphatic rings. The van der Waals surface area contributed by atoms with Crippen LogP contribution in [0.5, 0.6) is 0 Å². The number of aliphatic carboxylic acids is 1. The van der Waals surface area contributed by atoms with Crippen molar-refractivity contribution in [2.24, 2.45) is 11.8 Å². The Morgan fingerprint density at radius 3 is 2.45 bits per heavy atom. The number of hydrogen-bond acceptors (Lipinski definition) is 3. The average molecular weight is 283 g/mol. The van der Waals surface area contributed by atoms with Crippen LogP contribution in [-0.2, 0) is 4.79 Å². The Balaban J connectivity index is 1.67. The van der Waals surface area contributed by atoms with Crippen LogP contribution in [0.3, 0.4) is 0 Å². The van der Waals surface area contributed by atoms with E-state index in [2.05, 4.69) is 17.1 Å². The molecular weight excluding hydrogens is 258 g/mol. The standard InChI is InChI=1S/C14H25N3O3/c1-2-16-6-3-11(4-7-16)9-15-14(20)17-8-5-12(10-17)13(18)19/h11-12H,2-10H2,1H3,(H,15,20)(H,18,19). The lowest BCUT2D eigenvalue weighted by Gasteiger charge is -2.31. The summed E-state index contributed by atoms with van der Waals surface area (Å²) in [5, 5.41) is 11.9. The minimum absolute atomic E-state index is 0.105. The molecule has 20 heavy (non-hydrogen) atoms. The third-order valence-corrected chi connectivity index (χ3v) is 4.52. The van der Waals surface area contributed by atoms with Crippen molar-refractivity contribution in [2.45, 2.75) is 26.2 Å². The number of carboxylic acid groups (broad SMARTS) is 1. The number of carbonyl (C=O) groups is 2. The molecule has 0 saturated carbocycles. The van der Waals surface area contributed by atoms with Crippen LogP contribution in [0.15, 0.2) is 0 Å². The summed E-state index contributed by atoms with van der Waals surface area (Å²) in [4.78, 5) is 26.9. The second kappa shape index (κ2) is 6.92. The third kappa shape index (κ3) is 3.85. The molecule has 0 spiro atoms. The largest absolute Gasteiger partial charge is 0.481 e. The summed E-state index contributed by atoms with van der Waals surface area (Å²) in [6.45, 7) is 7.11. The molecule has 2 N–H and O–H groups in total. The number of carboxylic acids is 1. The van der Waals surface area contributed by atoms with Gasteiger partial charge in [-0.15, -0.1) is 0 Å². The van der Waals surface area contributed by atoms with Gasteiger partial charge in [0.25, 0.3) is 0 Å². The van der Waals surface area contributed by atoms with Crippen LogP contribution in [0, 0.1) is 11.8 Å². The van der Waals surface area contributed by atoms with Crippen molar-refractivity contribution >= 4 is 12.0 Å². The first-order valence-corrected chi connectivity index (χ1v) is 7.58. The van der Waals surface area contributed by atoms with E-state index in [-0.39, 0.29) is 6.03 Å². The number of urea groups is 1. The average Bonchev–Trinajstić information content (AvgIpc) is 2.95. The molecule has 0 radical (unpaired) electrons. The summed E-state index contributed by atoms with van der Waals surface area (Å²) in [6.07, 6.45) is 2.83. The van der Waals surface area contributed by atoms with Gasteiger partial charge in [-0.05, 0) is 44.8 Å². The topological polar surface area (TPSA) is 72.9 Å². The molecule has 2 heterocycles. The highest BCUT2D eigenvalue weighted by Crippen LogP contribution is 2.18. The van der Waals surface area contributed by atoms with Crippen LogP contribution in [0.2, 0.25) is 0 Å². The number of likely N-dealkylation sites (tertiary alicyclic amines) is 2. The summed E-state index contributed by atoms with van der Waals surface area (Å²) >= 11 is 0. The number of piperidine rings is 1. The predicted molar refractivity (Wildman–Crippen MR) is 75.6 cm³/mol. The molecule has 2 fully saturated rings. The van der Waals surface area contributed by atoms with Gasteiger partial charge >= 0.3 is 12.0 Å². The molecule has 2 rings (SSSR count). The number of rotatable bonds is 4. The Hall–Kier alpha value is -1.30. The van der Waals surface area contributed by atoms with Crippen molar-refractivity contribution < 1.29 is 14.7 Å². The van der Waals surface area contributed by atoms with Crippen molar-refractivity contribution in [3.05, 3.63) is 0 Å². The molecule has 1 unspecified atom stereocenters. The van der Waals surface area contributed by atoms with Gasteiger partial charge in [-0.3, -0.25) is 4.79 Å². The lowest BCUT2D eigenvalue weighted by Crippen LogP contribution is -2.43. The van der Waals surface area contributed by atoms with Gasteiger partial charge in [0.2, 0.25) is 0 Å². The zero-order valence-electron chi connectivity index (χ0n) is 12.2. The maximum absolute atomic E-state index is 12.0. The highest BCUT2D eigenvalue weighted by Gasteiger charge is 2.31. The second-order valence-corrected chi connectivity index (χ2v) is 5.83. The summed E-state index contributed by atoms with van der Waals surface area (Å²) in [6, 6.07) is -0.105. The molecule has 114 valence electrons. The normalized spacial score (nSPS) is 24.9. The maximum atomic E-state index is 12.0. The van der Waals surface area contributed by atoms with Gasteiger partial charge in [-0.2, -0.15) is 0 Å². The minimum Gasteiger partial charge on any atom is -0.481 e. The molecule has 0 aromatic carbocycles. The van der Waals surface area contributed by atoms with E-state index < -0.39 is 11.9 Å². The van der Waals surface area contributed by atoms with E-state index in [9.17, 15) is 9.59 Å². The molecule has 2 saturated heterocycles. The van der Waals surface area contributed by atoms with Crippen molar-refractivity contribution in [1.82, 2.24) is 15.1 Å². The van der Waals surface area contributed by atoms with E-state index in [0.717, 1.165) is 32.5 Å². The highest BCUT2D eigenvalue weighted by atomic mass is 16.4. The fraction of sp³-hybridized carbons (Fsp3) is 0.857. The van der Waals surface area contributed by atoms with Crippen LogP contribution in [0.25, 0.3) is 0 Å². The molecular formula is C14H25N3O3. The molecule has 0 bridgehead atoms. The van der Waals surface area contributed by atoms with Gasteiger partial charge < -0.3 is 20.2 Å². The van der Waals surface area contributed by atoms with E-state index in [1.54, 1.807) is 4.90 Å². The Bertz CT molecular complexity index is 354. The van der Waals surface area contributed by atoms with Gasteiger partial charge in [0.1, 0.15) is 0 Å². The lowest BCUT2D eigenvalue weighted by molar-refractivity contribution is -0.141. The highest BCUT2D eigenvalue weighted by molar-refractivity contribution is 5.77.